The van der Waals surface area contributed by atoms with Crippen LogP contribution >= 0.6 is 0 Å². The largest absolute Gasteiger partial charge is 0.497 e. The van der Waals surface area contributed by atoms with Gasteiger partial charge in [-0.2, -0.15) is 10.2 Å². The Kier molecular flexibility index (Phi) is 11.3. The van der Waals surface area contributed by atoms with Gasteiger partial charge in [-0.15, -0.1) is 10.2 Å². The molecule has 2 spiro atoms. The molecular formula is C44H44N6O10. The maximum absolute atomic E-state index is 13.0. The van der Waals surface area contributed by atoms with E-state index in [0.29, 0.717) is 62.7 Å². The Bertz CT molecular complexity index is 2150. The number of rotatable bonds is 11. The number of aliphatic hydroxyl groups excluding tert-OH is 2. The van der Waals surface area contributed by atoms with Gasteiger partial charge in [-0.1, -0.05) is 0 Å². The SMILES string of the molecule is COc1ccc(Nc2ccc(/N=N/C3=C(O)OC4(CCC(C5CCC6(CC5)OC(=O)C(/N=N/c5ccc(Nc7ccc(OC)cc7)cc5)=C(O)O6)CC4)OC3=O)cc2)cc1. The predicted octanol–water partition coefficient (Wildman–Crippen LogP) is 10.4. The highest BCUT2D eigenvalue weighted by atomic mass is 16.8. The minimum absolute atomic E-state index is 0.273. The number of esters is 2. The summed E-state index contributed by atoms with van der Waals surface area (Å²) in [6.45, 7) is 0. The number of carbonyl (C=O) groups excluding carboxylic acids is 2. The Morgan fingerprint density at radius 2 is 0.817 bits per heavy atom. The van der Waals surface area contributed by atoms with Crippen LogP contribution in [0, 0.1) is 11.8 Å². The Labute approximate surface area is 345 Å². The first kappa shape index (κ1) is 39.7. The van der Waals surface area contributed by atoms with E-state index in [1.54, 1.807) is 38.5 Å². The standard InChI is InChI=1S/C44H44N6O10/c1-55-35-15-11-31(12-16-35)45-29-3-7-33(8-4-29)47-49-37-39(51)57-43(58-40(37)52)23-19-27(20-24-43)28-21-25-44(26-22-28)59-41(53)38(42(54)60-44)50-48-34-9-5-30(6-10-34)46-32-13-17-36(56-2)18-14-32/h3-18,27-28,45-46,51,53H,19-26H2,1-2H3/b49-47+,50-48+. The normalized spacial score (nSPS) is 24.2. The van der Waals surface area contributed by atoms with E-state index in [1.165, 1.54) is 0 Å². The highest BCUT2D eigenvalue weighted by Gasteiger charge is 2.51. The molecule has 0 radical (unpaired) electrons. The summed E-state index contributed by atoms with van der Waals surface area (Å²) in [6.07, 6.45) is 4.26. The first-order chi connectivity index (χ1) is 29.1. The van der Waals surface area contributed by atoms with E-state index >= 15 is 0 Å². The second kappa shape index (κ2) is 17.0. The first-order valence-electron chi connectivity index (χ1n) is 19.7. The maximum atomic E-state index is 13.0. The number of nitrogens with one attached hydrogen (secondary N) is 2. The quantitative estimate of drug-likeness (QED) is 0.0825. The summed E-state index contributed by atoms with van der Waals surface area (Å²) in [7, 11) is 3.22. The lowest BCUT2D eigenvalue weighted by Crippen LogP contribution is -2.48. The number of nitrogens with zero attached hydrogens (tertiary/aromatic N) is 4. The third-order valence-electron chi connectivity index (χ3n) is 11.2. The number of carbonyl (C=O) groups is 2. The van der Waals surface area contributed by atoms with E-state index in [0.717, 1.165) is 34.2 Å². The zero-order valence-corrected chi connectivity index (χ0v) is 33.0. The van der Waals surface area contributed by atoms with Crippen LogP contribution < -0.4 is 20.1 Å². The summed E-state index contributed by atoms with van der Waals surface area (Å²) in [5.41, 5.74) is 3.51. The number of hydrogen-bond acceptors (Lipinski definition) is 16. The summed E-state index contributed by atoms with van der Waals surface area (Å²) in [5.74, 6) is -3.37. The van der Waals surface area contributed by atoms with Crippen molar-refractivity contribution in [2.75, 3.05) is 24.9 Å². The Balaban J connectivity index is 0.804. The molecule has 0 bridgehead atoms. The van der Waals surface area contributed by atoms with Crippen molar-refractivity contribution in [3.05, 3.63) is 120 Å². The number of ether oxygens (including phenoxy) is 6. The van der Waals surface area contributed by atoms with Crippen molar-refractivity contribution in [2.24, 2.45) is 32.3 Å². The van der Waals surface area contributed by atoms with Crippen molar-refractivity contribution in [3.63, 3.8) is 0 Å². The maximum Gasteiger partial charge on any atom is 0.369 e. The van der Waals surface area contributed by atoms with E-state index in [1.807, 2.05) is 72.8 Å². The molecule has 16 heteroatoms. The molecule has 2 fully saturated rings. The van der Waals surface area contributed by atoms with Gasteiger partial charge in [-0.05, 0) is 135 Å². The fraction of sp³-hybridized carbons (Fsp3) is 0.318. The molecule has 4 aromatic carbocycles. The molecular weight excluding hydrogens is 773 g/mol. The predicted molar refractivity (Wildman–Crippen MR) is 218 cm³/mol. The van der Waals surface area contributed by atoms with Crippen LogP contribution in [0.2, 0.25) is 0 Å². The van der Waals surface area contributed by atoms with Crippen LogP contribution in [0.25, 0.3) is 0 Å². The van der Waals surface area contributed by atoms with Gasteiger partial charge in [-0.3, -0.25) is 0 Å². The minimum Gasteiger partial charge on any atom is -0.497 e. The third kappa shape index (κ3) is 8.97. The Hall–Kier alpha value is -7.10. The molecule has 8 rings (SSSR count). The highest BCUT2D eigenvalue weighted by Crippen LogP contribution is 2.49. The van der Waals surface area contributed by atoms with E-state index in [9.17, 15) is 19.8 Å². The molecule has 0 amide bonds. The molecule has 2 aliphatic heterocycles. The smallest absolute Gasteiger partial charge is 0.369 e. The van der Waals surface area contributed by atoms with Gasteiger partial charge in [0, 0.05) is 48.4 Å². The summed E-state index contributed by atoms with van der Waals surface area (Å²) in [4.78, 5) is 26.1. The number of aliphatic hydroxyl groups is 2. The van der Waals surface area contributed by atoms with E-state index in [2.05, 4.69) is 31.1 Å². The van der Waals surface area contributed by atoms with E-state index in [4.69, 9.17) is 28.4 Å². The van der Waals surface area contributed by atoms with Crippen molar-refractivity contribution in [1.29, 1.82) is 0 Å². The van der Waals surface area contributed by atoms with Gasteiger partial charge in [0.15, 0.2) is 0 Å². The molecule has 2 heterocycles. The summed E-state index contributed by atoms with van der Waals surface area (Å²) in [5, 5.41) is 44.2. The van der Waals surface area contributed by atoms with Crippen molar-refractivity contribution in [2.45, 2.75) is 62.9 Å². The third-order valence-corrected chi connectivity index (χ3v) is 11.2. The molecule has 4 aliphatic rings. The molecule has 4 aromatic rings. The lowest BCUT2D eigenvalue weighted by Gasteiger charge is -2.45. The molecule has 4 N–H and O–H groups in total. The molecule has 0 aromatic heterocycles. The number of hydrogen-bond donors (Lipinski definition) is 4. The average Bonchev–Trinajstić information content (AvgIpc) is 3.25. The van der Waals surface area contributed by atoms with Crippen molar-refractivity contribution < 1.29 is 48.2 Å². The number of azo groups is 2. The molecule has 0 atom stereocenters. The molecule has 16 nitrogen and oxygen atoms in total. The van der Waals surface area contributed by atoms with E-state index < -0.39 is 46.8 Å². The van der Waals surface area contributed by atoms with Gasteiger partial charge in [0.25, 0.3) is 23.0 Å². The van der Waals surface area contributed by atoms with Crippen molar-refractivity contribution >= 4 is 46.1 Å². The number of methoxy groups -OCH3 is 2. The summed E-state index contributed by atoms with van der Waals surface area (Å²) < 4.78 is 33.5. The first-order valence-corrected chi connectivity index (χ1v) is 19.7. The highest BCUT2D eigenvalue weighted by molar-refractivity contribution is 5.89. The molecule has 0 saturated heterocycles. The molecule has 60 heavy (non-hydrogen) atoms. The van der Waals surface area contributed by atoms with Crippen LogP contribution in [0.3, 0.4) is 0 Å². The van der Waals surface area contributed by atoms with Gasteiger partial charge in [0.2, 0.25) is 0 Å². The van der Waals surface area contributed by atoms with Crippen molar-refractivity contribution in [3.8, 4) is 11.5 Å². The number of anilines is 4. The van der Waals surface area contributed by atoms with Gasteiger partial charge >= 0.3 is 23.8 Å². The van der Waals surface area contributed by atoms with Gasteiger partial charge in [0.1, 0.15) is 11.5 Å². The fourth-order valence-corrected chi connectivity index (χ4v) is 7.90. The zero-order chi connectivity index (χ0) is 41.7. The van der Waals surface area contributed by atoms with Crippen LogP contribution in [0.15, 0.2) is 141 Å². The van der Waals surface area contributed by atoms with Crippen molar-refractivity contribution in [1.82, 2.24) is 0 Å². The van der Waals surface area contributed by atoms with Gasteiger partial charge < -0.3 is 49.3 Å². The van der Waals surface area contributed by atoms with Crippen LogP contribution in [-0.2, 0) is 28.5 Å². The lowest BCUT2D eigenvalue weighted by molar-refractivity contribution is -0.262. The average molecular weight is 817 g/mol. The fourth-order valence-electron chi connectivity index (χ4n) is 7.90. The minimum atomic E-state index is -1.29. The zero-order valence-electron chi connectivity index (χ0n) is 33.0. The Morgan fingerprint density at radius 1 is 0.500 bits per heavy atom. The second-order valence-electron chi connectivity index (χ2n) is 15.0. The van der Waals surface area contributed by atoms with Gasteiger partial charge in [0.05, 0.1) is 25.6 Å². The summed E-state index contributed by atoms with van der Waals surface area (Å²) >= 11 is 0. The monoisotopic (exact) mass is 816 g/mol. The van der Waals surface area contributed by atoms with Gasteiger partial charge in [-0.25, -0.2) is 9.59 Å². The van der Waals surface area contributed by atoms with Crippen LogP contribution in [0.5, 0.6) is 11.5 Å². The molecule has 2 aliphatic carbocycles. The van der Waals surface area contributed by atoms with Crippen LogP contribution in [0.1, 0.15) is 51.4 Å². The summed E-state index contributed by atoms with van der Waals surface area (Å²) in [6, 6.07) is 29.1. The topological polar surface area (TPSA) is 203 Å². The number of benzene rings is 4. The molecule has 0 unspecified atom stereocenters. The van der Waals surface area contributed by atoms with E-state index in [-0.39, 0.29) is 11.8 Å². The van der Waals surface area contributed by atoms with Crippen LogP contribution in [-0.4, -0.2) is 47.9 Å². The van der Waals surface area contributed by atoms with Crippen LogP contribution in [0.4, 0.5) is 34.1 Å². The second-order valence-corrected chi connectivity index (χ2v) is 15.0. The Morgan fingerprint density at radius 3 is 1.12 bits per heavy atom. The molecule has 2 saturated carbocycles. The lowest BCUT2D eigenvalue weighted by atomic mass is 9.70. The molecule has 310 valence electrons.